The molecule has 236 valence electrons. The second kappa shape index (κ2) is 11.4. The lowest BCUT2D eigenvalue weighted by Crippen LogP contribution is -2.23. The summed E-state index contributed by atoms with van der Waals surface area (Å²) in [4.78, 5) is 13.8. The second-order valence-corrected chi connectivity index (χ2v) is 13.6. The molecule has 0 aliphatic heterocycles. The Balaban J connectivity index is 1.36. The molecule has 3 aliphatic carbocycles. The van der Waals surface area contributed by atoms with Crippen LogP contribution in [0.2, 0.25) is 0 Å². The van der Waals surface area contributed by atoms with Crippen LogP contribution in [0.15, 0.2) is 151 Å². The summed E-state index contributed by atoms with van der Waals surface area (Å²) in [6.45, 7) is 8.83. The molecular formula is C45H36N4. The Hall–Kier alpha value is -5.87. The molecular weight excluding hydrogens is 597 g/mol. The third-order valence-electron chi connectivity index (χ3n) is 10.6. The second-order valence-electron chi connectivity index (χ2n) is 13.6. The highest BCUT2D eigenvalue weighted by Gasteiger charge is 2.47. The Morgan fingerprint density at radius 3 is 2.35 bits per heavy atom. The number of allylic oxidation sites excluding steroid dienone is 9. The summed E-state index contributed by atoms with van der Waals surface area (Å²) in [5.74, 6) is 0.602. The smallest absolute Gasteiger partial charge is 0.0899 e. The molecule has 3 aromatic carbocycles. The van der Waals surface area contributed by atoms with Crippen molar-refractivity contribution >= 4 is 51.1 Å². The first kappa shape index (κ1) is 29.3. The van der Waals surface area contributed by atoms with E-state index in [1.54, 1.807) is 6.20 Å². The third-order valence-corrected chi connectivity index (χ3v) is 10.6. The lowest BCUT2D eigenvalue weighted by Gasteiger charge is -2.36. The van der Waals surface area contributed by atoms with Crippen molar-refractivity contribution in [2.75, 3.05) is 0 Å². The van der Waals surface area contributed by atoms with E-state index in [1.165, 1.54) is 49.7 Å². The van der Waals surface area contributed by atoms with E-state index in [0.717, 1.165) is 28.3 Å². The minimum Gasteiger partial charge on any atom is -0.309 e. The number of rotatable bonds is 6. The van der Waals surface area contributed by atoms with Crippen LogP contribution >= 0.6 is 0 Å². The maximum atomic E-state index is 4.66. The molecule has 0 spiro atoms. The van der Waals surface area contributed by atoms with Gasteiger partial charge in [-0.1, -0.05) is 111 Å². The molecule has 3 heterocycles. The van der Waals surface area contributed by atoms with E-state index >= 15 is 0 Å². The van der Waals surface area contributed by atoms with Crippen molar-refractivity contribution in [3.63, 3.8) is 0 Å². The van der Waals surface area contributed by atoms with Crippen molar-refractivity contribution in [1.29, 1.82) is 0 Å². The van der Waals surface area contributed by atoms with E-state index in [9.17, 15) is 0 Å². The van der Waals surface area contributed by atoms with Gasteiger partial charge in [-0.25, -0.2) is 0 Å². The highest BCUT2D eigenvalue weighted by atomic mass is 15.0. The van der Waals surface area contributed by atoms with Crippen LogP contribution in [-0.2, 0) is 11.8 Å². The largest absolute Gasteiger partial charge is 0.309 e. The van der Waals surface area contributed by atoms with Gasteiger partial charge >= 0.3 is 0 Å². The molecule has 3 aliphatic rings. The van der Waals surface area contributed by atoms with Gasteiger partial charge in [0.05, 0.1) is 22.4 Å². The molecule has 0 fully saturated rings. The van der Waals surface area contributed by atoms with Crippen LogP contribution in [0.25, 0.3) is 44.3 Å². The number of aromatic nitrogens is 3. The van der Waals surface area contributed by atoms with Gasteiger partial charge < -0.3 is 4.57 Å². The average molecular weight is 633 g/mol. The van der Waals surface area contributed by atoms with Crippen molar-refractivity contribution in [3.8, 4) is 0 Å². The molecule has 0 radical (unpaired) electrons. The molecule has 0 amide bonds. The van der Waals surface area contributed by atoms with Crippen LogP contribution in [0.4, 0.5) is 0 Å². The first-order valence-corrected chi connectivity index (χ1v) is 17.0. The van der Waals surface area contributed by atoms with Gasteiger partial charge in [0.1, 0.15) is 0 Å². The first-order chi connectivity index (χ1) is 24.1. The molecule has 3 aromatic heterocycles. The maximum Gasteiger partial charge on any atom is 0.0899 e. The number of fused-ring (bicyclic) bond motifs is 11. The van der Waals surface area contributed by atoms with Crippen LogP contribution < -0.4 is 0 Å². The zero-order chi connectivity index (χ0) is 33.1. The van der Waals surface area contributed by atoms with Gasteiger partial charge in [-0.2, -0.15) is 0 Å². The predicted octanol–water partition coefficient (Wildman–Crippen LogP) is 10.5. The van der Waals surface area contributed by atoms with Crippen LogP contribution in [0.3, 0.4) is 0 Å². The Bertz CT molecular complexity index is 2450. The number of benzene rings is 3. The zero-order valence-electron chi connectivity index (χ0n) is 27.7. The summed E-state index contributed by atoms with van der Waals surface area (Å²) >= 11 is 0. The first-order valence-electron chi connectivity index (χ1n) is 17.0. The predicted molar refractivity (Wildman–Crippen MR) is 204 cm³/mol. The normalized spacial score (nSPS) is 19.1. The summed E-state index contributed by atoms with van der Waals surface area (Å²) in [7, 11) is 0. The average Bonchev–Trinajstić information content (AvgIpc) is 3.61. The number of nitrogens with zero attached hydrogens (tertiary/aromatic N) is 4. The number of hydrogen-bond acceptors (Lipinski definition) is 3. The van der Waals surface area contributed by atoms with Crippen molar-refractivity contribution in [3.05, 3.63) is 180 Å². The lowest BCUT2D eigenvalue weighted by atomic mass is 9.67. The molecule has 0 saturated heterocycles. The number of para-hydroxylation sites is 1. The minimum absolute atomic E-state index is 0.261. The summed E-state index contributed by atoms with van der Waals surface area (Å²) in [5.41, 5.74) is 14.0. The molecule has 49 heavy (non-hydrogen) atoms. The zero-order valence-corrected chi connectivity index (χ0v) is 27.7. The lowest BCUT2D eigenvalue weighted by molar-refractivity contribution is 0.678. The van der Waals surface area contributed by atoms with Gasteiger partial charge in [0.2, 0.25) is 0 Å². The van der Waals surface area contributed by atoms with Gasteiger partial charge in [0, 0.05) is 58.2 Å². The molecule has 0 saturated carbocycles. The van der Waals surface area contributed by atoms with Crippen LogP contribution in [-0.4, -0.2) is 21.3 Å². The Morgan fingerprint density at radius 2 is 1.55 bits per heavy atom. The van der Waals surface area contributed by atoms with Crippen LogP contribution in [0, 0.1) is 5.92 Å². The highest BCUT2D eigenvalue weighted by molar-refractivity contribution is 6.17. The molecule has 4 nitrogen and oxygen atoms in total. The molecule has 6 aromatic rings. The molecule has 9 rings (SSSR count). The summed E-state index contributed by atoms with van der Waals surface area (Å²) < 4.78 is 2.46. The van der Waals surface area contributed by atoms with Crippen molar-refractivity contribution in [2.24, 2.45) is 10.9 Å². The van der Waals surface area contributed by atoms with E-state index < -0.39 is 0 Å². The van der Waals surface area contributed by atoms with Crippen molar-refractivity contribution < 1.29 is 0 Å². The Morgan fingerprint density at radius 1 is 0.796 bits per heavy atom. The van der Waals surface area contributed by atoms with E-state index in [4.69, 9.17) is 0 Å². The quantitative estimate of drug-likeness (QED) is 0.135. The fourth-order valence-electron chi connectivity index (χ4n) is 8.60. The van der Waals surface area contributed by atoms with E-state index in [-0.39, 0.29) is 11.3 Å². The highest BCUT2D eigenvalue weighted by Crippen LogP contribution is 2.62. The van der Waals surface area contributed by atoms with Gasteiger partial charge in [-0.3, -0.25) is 15.0 Å². The molecule has 2 unspecified atom stereocenters. The Labute approximate surface area is 286 Å². The van der Waals surface area contributed by atoms with Crippen LogP contribution in [0.1, 0.15) is 53.4 Å². The van der Waals surface area contributed by atoms with Gasteiger partial charge in [0.15, 0.2) is 0 Å². The molecule has 4 heteroatoms. The monoisotopic (exact) mass is 632 g/mol. The molecule has 0 bridgehead atoms. The third kappa shape index (κ3) is 4.48. The summed E-state index contributed by atoms with van der Waals surface area (Å²) in [5, 5.41) is 2.47. The topological polar surface area (TPSA) is 43.1 Å². The summed E-state index contributed by atoms with van der Waals surface area (Å²) in [6, 6.07) is 34.6. The fraction of sp³-hybridized carbons (Fsp3) is 0.133. The van der Waals surface area contributed by atoms with Gasteiger partial charge in [0.25, 0.3) is 0 Å². The SMILES string of the molecule is C=N/C(=C\C(=C/Cc1ccccn1)n1c2ccccc2c2ccc3c(c21)C(C)(C)C1=C3C2C=CC=CC2c2ccccc21)c1ccccn1. The van der Waals surface area contributed by atoms with Gasteiger partial charge in [-0.05, 0) is 76.5 Å². The number of aliphatic imine (C=N–C) groups is 1. The van der Waals surface area contributed by atoms with E-state index in [2.05, 4.69) is 143 Å². The van der Waals surface area contributed by atoms with Crippen LogP contribution in [0.5, 0.6) is 0 Å². The summed E-state index contributed by atoms with van der Waals surface area (Å²) in [6.07, 6.45) is 18.0. The molecule has 0 N–H and O–H groups in total. The van der Waals surface area contributed by atoms with E-state index in [1.807, 2.05) is 36.5 Å². The number of hydrogen-bond donors (Lipinski definition) is 0. The van der Waals surface area contributed by atoms with Crippen molar-refractivity contribution in [2.45, 2.75) is 31.6 Å². The molecule has 2 atom stereocenters. The Kier molecular flexibility index (Phi) is 6.80. The van der Waals surface area contributed by atoms with Gasteiger partial charge in [-0.15, -0.1) is 0 Å². The fourth-order valence-corrected chi connectivity index (χ4v) is 8.60. The van der Waals surface area contributed by atoms with Crippen molar-refractivity contribution in [1.82, 2.24) is 14.5 Å². The van der Waals surface area contributed by atoms with E-state index in [0.29, 0.717) is 12.3 Å². The minimum atomic E-state index is -0.261. The standard InChI is InChI=1S/C45H36N4/c1-45(2)42-35-19-7-5-16-32(35)31-15-4-6-18-34(31)41(42)37-25-24-36-33-17-8-9-21-40(33)49(44(36)43(37)45)30(23-22-29-14-10-12-26-47-29)28-39(46-3)38-20-11-13-27-48-38/h4-21,23-28,31,34H,3,22H2,1-2H3/b30-23+,39-28-. The maximum absolute atomic E-state index is 4.66. The number of pyridine rings is 2.